The van der Waals surface area contributed by atoms with Crippen molar-refractivity contribution in [2.45, 2.75) is 59.5 Å². The van der Waals surface area contributed by atoms with E-state index in [1.54, 1.807) is 0 Å². The summed E-state index contributed by atoms with van der Waals surface area (Å²) in [6.07, 6.45) is 1.13. The average Bonchev–Trinajstić information content (AvgIpc) is 2.28. The minimum atomic E-state index is 0.0407. The number of nitrogens with zero attached hydrogens (tertiary/aromatic N) is 2. The Balaban J connectivity index is 2.93. The van der Waals surface area contributed by atoms with Crippen LogP contribution in [0.4, 0.5) is 11.6 Å². The molecule has 0 fully saturated rings. The van der Waals surface area contributed by atoms with Gasteiger partial charge in [0.25, 0.3) is 0 Å². The summed E-state index contributed by atoms with van der Waals surface area (Å²) in [6, 6.07) is 6.71. The van der Waals surface area contributed by atoms with Crippen LogP contribution in [0.25, 0.3) is 0 Å². The van der Waals surface area contributed by atoms with Crippen LogP contribution >= 0.6 is 0 Å². The summed E-state index contributed by atoms with van der Waals surface area (Å²) in [6.45, 7) is 14.1. The molecule has 1 aromatic heterocycles. The molecule has 0 aromatic carbocycles. The van der Waals surface area contributed by atoms with Crippen LogP contribution in [0, 0.1) is 0 Å². The Morgan fingerprint density at radius 2 is 1.94 bits per heavy atom. The molecule has 0 bridgehead atoms. The van der Waals surface area contributed by atoms with E-state index in [0.29, 0.717) is 6.04 Å². The summed E-state index contributed by atoms with van der Waals surface area (Å²) in [5, 5.41) is 3.42. The highest BCUT2D eigenvalue weighted by Gasteiger charge is 2.14. The van der Waals surface area contributed by atoms with Crippen molar-refractivity contribution < 1.29 is 0 Å². The molecule has 0 saturated heterocycles. The summed E-state index contributed by atoms with van der Waals surface area (Å²) >= 11 is 0. The number of aromatic nitrogens is 1. The predicted molar refractivity (Wildman–Crippen MR) is 80.4 cm³/mol. The van der Waals surface area contributed by atoms with Crippen LogP contribution in [-0.4, -0.2) is 23.1 Å². The molecule has 0 aliphatic heterocycles. The lowest BCUT2D eigenvalue weighted by Crippen LogP contribution is -2.33. The minimum Gasteiger partial charge on any atom is -0.365 e. The molecule has 18 heavy (non-hydrogen) atoms. The van der Waals surface area contributed by atoms with Crippen LogP contribution < -0.4 is 10.2 Å². The summed E-state index contributed by atoms with van der Waals surface area (Å²) in [4.78, 5) is 7.05. The molecule has 3 heteroatoms. The zero-order valence-electron chi connectivity index (χ0n) is 12.6. The summed E-state index contributed by atoms with van der Waals surface area (Å²) in [5.41, 5.74) is 0.0407. The molecule has 0 aliphatic rings. The molecule has 0 aliphatic carbocycles. The van der Waals surface area contributed by atoms with Crippen molar-refractivity contribution in [2.75, 3.05) is 16.8 Å². The van der Waals surface area contributed by atoms with E-state index >= 15 is 0 Å². The highest BCUT2D eigenvalue weighted by atomic mass is 15.2. The molecule has 3 nitrogen and oxygen atoms in total. The Hall–Kier alpha value is -1.25. The van der Waals surface area contributed by atoms with Gasteiger partial charge in [-0.25, -0.2) is 4.98 Å². The van der Waals surface area contributed by atoms with Crippen LogP contribution in [-0.2, 0) is 0 Å². The molecule has 1 unspecified atom stereocenters. The van der Waals surface area contributed by atoms with Gasteiger partial charge in [0.2, 0.25) is 0 Å². The smallest absolute Gasteiger partial charge is 0.131 e. The highest BCUT2D eigenvalue weighted by Crippen LogP contribution is 2.19. The summed E-state index contributed by atoms with van der Waals surface area (Å²) in [5.74, 6) is 2.00. The number of rotatable bonds is 5. The minimum absolute atomic E-state index is 0.0407. The van der Waals surface area contributed by atoms with Gasteiger partial charge in [-0.2, -0.15) is 0 Å². The third-order valence-electron chi connectivity index (χ3n) is 3.00. The first-order valence-electron chi connectivity index (χ1n) is 6.89. The molecule has 0 radical (unpaired) electrons. The van der Waals surface area contributed by atoms with Gasteiger partial charge in [-0.1, -0.05) is 13.0 Å². The van der Waals surface area contributed by atoms with Crippen LogP contribution in [0.5, 0.6) is 0 Å². The van der Waals surface area contributed by atoms with Gasteiger partial charge < -0.3 is 10.2 Å². The van der Waals surface area contributed by atoms with Crippen LogP contribution in [0.1, 0.15) is 48.0 Å². The Kier molecular flexibility index (Phi) is 5.00. The van der Waals surface area contributed by atoms with E-state index in [1.165, 1.54) is 0 Å². The fourth-order valence-corrected chi connectivity index (χ4v) is 1.96. The standard InChI is InChI=1S/C15H27N3/c1-7-12(3)18(8-2)14-11-9-10-13(16-14)17-15(4,5)6/h9-12H,7-8H2,1-6H3,(H,16,17). The van der Waals surface area contributed by atoms with Crippen molar-refractivity contribution in [1.82, 2.24) is 4.98 Å². The molecule has 1 atom stereocenters. The van der Waals surface area contributed by atoms with Crippen molar-refractivity contribution >= 4 is 11.6 Å². The molecular weight excluding hydrogens is 222 g/mol. The monoisotopic (exact) mass is 249 g/mol. The predicted octanol–water partition coefficient (Wildman–Crippen LogP) is 3.92. The zero-order chi connectivity index (χ0) is 13.8. The summed E-state index contributed by atoms with van der Waals surface area (Å²) in [7, 11) is 0. The molecule has 1 rings (SSSR count). The van der Waals surface area contributed by atoms with E-state index in [1.807, 2.05) is 6.07 Å². The molecule has 0 spiro atoms. The van der Waals surface area contributed by atoms with E-state index in [9.17, 15) is 0 Å². The zero-order valence-corrected chi connectivity index (χ0v) is 12.6. The Labute approximate surface area is 112 Å². The third kappa shape index (κ3) is 4.21. The first-order valence-corrected chi connectivity index (χ1v) is 6.89. The van der Waals surface area contributed by atoms with E-state index in [0.717, 1.165) is 24.6 Å². The van der Waals surface area contributed by atoms with Crippen LogP contribution in [0.15, 0.2) is 18.2 Å². The van der Waals surface area contributed by atoms with Crippen molar-refractivity contribution in [3.63, 3.8) is 0 Å². The number of nitrogens with one attached hydrogen (secondary N) is 1. The first-order chi connectivity index (χ1) is 8.37. The van der Waals surface area contributed by atoms with E-state index < -0.39 is 0 Å². The Morgan fingerprint density at radius 3 is 2.44 bits per heavy atom. The number of hydrogen-bond donors (Lipinski definition) is 1. The first kappa shape index (κ1) is 14.8. The van der Waals surface area contributed by atoms with Crippen molar-refractivity contribution in [3.05, 3.63) is 18.2 Å². The van der Waals surface area contributed by atoms with Crippen molar-refractivity contribution in [2.24, 2.45) is 0 Å². The fraction of sp³-hybridized carbons (Fsp3) is 0.667. The number of anilines is 2. The van der Waals surface area contributed by atoms with Crippen molar-refractivity contribution in [1.29, 1.82) is 0 Å². The van der Waals surface area contributed by atoms with Gasteiger partial charge in [-0.3, -0.25) is 0 Å². The van der Waals surface area contributed by atoms with Gasteiger partial charge >= 0.3 is 0 Å². The lowest BCUT2D eigenvalue weighted by Gasteiger charge is -2.29. The number of hydrogen-bond acceptors (Lipinski definition) is 3. The van der Waals surface area contributed by atoms with Crippen molar-refractivity contribution in [3.8, 4) is 0 Å². The lowest BCUT2D eigenvalue weighted by atomic mass is 10.1. The molecule has 1 heterocycles. The van der Waals surface area contributed by atoms with Gasteiger partial charge in [0.15, 0.2) is 0 Å². The number of pyridine rings is 1. The Morgan fingerprint density at radius 1 is 1.28 bits per heavy atom. The van der Waals surface area contributed by atoms with Gasteiger partial charge in [0.05, 0.1) is 0 Å². The maximum atomic E-state index is 4.71. The van der Waals surface area contributed by atoms with Gasteiger partial charge in [0.1, 0.15) is 11.6 Å². The molecular formula is C15H27N3. The van der Waals surface area contributed by atoms with Crippen LogP contribution in [0.3, 0.4) is 0 Å². The normalized spacial score (nSPS) is 13.2. The lowest BCUT2D eigenvalue weighted by molar-refractivity contribution is 0.617. The maximum Gasteiger partial charge on any atom is 0.131 e. The molecule has 1 aromatic rings. The second kappa shape index (κ2) is 6.07. The average molecular weight is 249 g/mol. The fourth-order valence-electron chi connectivity index (χ4n) is 1.96. The van der Waals surface area contributed by atoms with Gasteiger partial charge in [0, 0.05) is 18.1 Å². The highest BCUT2D eigenvalue weighted by molar-refractivity contribution is 5.48. The topological polar surface area (TPSA) is 28.2 Å². The second-order valence-electron chi connectivity index (χ2n) is 5.80. The van der Waals surface area contributed by atoms with Crippen LogP contribution in [0.2, 0.25) is 0 Å². The van der Waals surface area contributed by atoms with E-state index in [4.69, 9.17) is 4.98 Å². The third-order valence-corrected chi connectivity index (χ3v) is 3.00. The maximum absolute atomic E-state index is 4.71. The van der Waals surface area contributed by atoms with E-state index in [-0.39, 0.29) is 5.54 Å². The second-order valence-corrected chi connectivity index (χ2v) is 5.80. The molecule has 0 amide bonds. The van der Waals surface area contributed by atoms with E-state index in [2.05, 4.69) is 63.9 Å². The molecule has 1 N–H and O–H groups in total. The molecule has 0 saturated carbocycles. The van der Waals surface area contributed by atoms with Gasteiger partial charge in [-0.05, 0) is 53.2 Å². The summed E-state index contributed by atoms with van der Waals surface area (Å²) < 4.78 is 0. The largest absolute Gasteiger partial charge is 0.365 e. The molecule has 102 valence electrons. The SMILES string of the molecule is CCC(C)N(CC)c1cccc(NC(C)(C)C)n1. The Bertz CT molecular complexity index is 368. The van der Waals surface area contributed by atoms with Gasteiger partial charge in [-0.15, -0.1) is 0 Å². The quantitative estimate of drug-likeness (QED) is 0.857.